The van der Waals surface area contributed by atoms with Gasteiger partial charge < -0.3 is 18.9 Å². The molecule has 0 aromatic rings. The van der Waals surface area contributed by atoms with Crippen molar-refractivity contribution < 1.29 is 18.9 Å². The highest BCUT2D eigenvalue weighted by atomic mass is 16.6. The fourth-order valence-corrected chi connectivity index (χ4v) is 13.3. The van der Waals surface area contributed by atoms with Crippen molar-refractivity contribution in [2.24, 2.45) is 40.4 Å². The van der Waals surface area contributed by atoms with Gasteiger partial charge in [-0.25, -0.2) is 0 Å². The summed E-state index contributed by atoms with van der Waals surface area (Å²) < 4.78 is 25.2. The van der Waals surface area contributed by atoms with Gasteiger partial charge in [-0.2, -0.15) is 0 Å². The third-order valence-corrected chi connectivity index (χ3v) is 17.2. The number of fused-ring (bicyclic) bond motifs is 5. The lowest BCUT2D eigenvalue weighted by Crippen LogP contribution is -2.50. The molecular weight excluding hydrogens is 751 g/mol. The molecule has 0 aromatic carbocycles. The van der Waals surface area contributed by atoms with Crippen LogP contribution in [-0.4, -0.2) is 75.9 Å². The van der Waals surface area contributed by atoms with E-state index in [9.17, 15) is 0 Å². The lowest BCUT2D eigenvalue weighted by atomic mass is 9.47. The van der Waals surface area contributed by atoms with Gasteiger partial charge in [-0.1, -0.05) is 135 Å². The summed E-state index contributed by atoms with van der Waals surface area (Å²) in [7, 11) is 0. The Hall–Kier alpha value is -0.720. The minimum atomic E-state index is 0.113. The van der Waals surface area contributed by atoms with Crippen molar-refractivity contribution in [3.05, 3.63) is 23.8 Å². The first-order valence-corrected chi connectivity index (χ1v) is 27.2. The van der Waals surface area contributed by atoms with Gasteiger partial charge in [0.2, 0.25) is 0 Å². The molecule has 0 radical (unpaired) electrons. The summed E-state index contributed by atoms with van der Waals surface area (Å²) in [5.41, 5.74) is 2.72. The summed E-state index contributed by atoms with van der Waals surface area (Å²) in [6, 6.07) is 0.645. The number of likely N-dealkylation sites (tertiary alicyclic amines) is 1. The summed E-state index contributed by atoms with van der Waals surface area (Å²) in [6.07, 6.45) is 46.0. The minimum Gasteiger partial charge on any atom is -0.379 e. The van der Waals surface area contributed by atoms with Crippen molar-refractivity contribution in [1.29, 1.82) is 0 Å². The zero-order valence-electron chi connectivity index (χ0n) is 41.4. The number of hydrogen-bond acceptors (Lipinski definition) is 5. The van der Waals surface area contributed by atoms with Gasteiger partial charge in [-0.3, -0.25) is 4.90 Å². The van der Waals surface area contributed by atoms with E-state index in [1.165, 1.54) is 173 Å². The minimum absolute atomic E-state index is 0.113. The maximum Gasteiger partial charge on any atom is 0.0936 e. The maximum atomic E-state index is 6.51. The van der Waals surface area contributed by atoms with Crippen LogP contribution in [0.5, 0.6) is 0 Å². The van der Waals surface area contributed by atoms with Crippen molar-refractivity contribution in [2.75, 3.05) is 52.7 Å². The van der Waals surface area contributed by atoms with E-state index in [1.807, 2.05) is 0 Å². The fraction of sp³-hybridized carbons (Fsp3) is 0.929. The predicted molar refractivity (Wildman–Crippen MR) is 259 cm³/mol. The zero-order chi connectivity index (χ0) is 43.2. The van der Waals surface area contributed by atoms with Gasteiger partial charge in [0.25, 0.3) is 0 Å². The van der Waals surface area contributed by atoms with E-state index in [-0.39, 0.29) is 6.10 Å². The van der Waals surface area contributed by atoms with Gasteiger partial charge >= 0.3 is 0 Å². The van der Waals surface area contributed by atoms with Gasteiger partial charge in [0.1, 0.15) is 0 Å². The van der Waals surface area contributed by atoms with E-state index < -0.39 is 0 Å². The molecular formula is C56H101NO4. The van der Waals surface area contributed by atoms with Crippen LogP contribution in [0.25, 0.3) is 0 Å². The van der Waals surface area contributed by atoms with Crippen LogP contribution in [0.4, 0.5) is 0 Å². The highest BCUT2D eigenvalue weighted by Crippen LogP contribution is 2.67. The van der Waals surface area contributed by atoms with Crippen molar-refractivity contribution in [3.8, 4) is 0 Å². The molecule has 1 heterocycles. The van der Waals surface area contributed by atoms with Crippen LogP contribution in [0.1, 0.15) is 221 Å². The zero-order valence-corrected chi connectivity index (χ0v) is 41.4. The quantitative estimate of drug-likeness (QED) is 0.0486. The molecule has 0 bridgehead atoms. The second kappa shape index (κ2) is 28.3. The van der Waals surface area contributed by atoms with Gasteiger partial charge in [-0.05, 0) is 157 Å². The molecule has 0 aromatic heterocycles. The van der Waals surface area contributed by atoms with Crippen LogP contribution in [0, 0.1) is 40.4 Å². The summed E-state index contributed by atoms with van der Waals surface area (Å²) in [5.74, 6) is 4.57. The monoisotopic (exact) mass is 852 g/mol. The van der Waals surface area contributed by atoms with E-state index in [2.05, 4.69) is 64.7 Å². The molecule has 2 unspecified atom stereocenters. The number of rotatable bonds is 33. The van der Waals surface area contributed by atoms with E-state index in [0.717, 1.165) is 55.6 Å². The highest BCUT2D eigenvalue weighted by molar-refractivity contribution is 5.25. The highest BCUT2D eigenvalue weighted by Gasteiger charge is 2.58. The second-order valence-corrected chi connectivity index (χ2v) is 22.1. The standard InChI is InChI=1S/C56H101NO4/c1-7-8-9-10-11-12-13-14-15-16-17-18-19-20-21-24-38-59-45-51(44-57-37-25-27-47(57)4)61-42-40-58-39-41-60-50-33-35-56(6)49(43-50)29-31-52-53-32-30-48(28-23-22-26-46(2)3)55(53,5)36-34-54(52)56/h14-15,29,46-48,50-54H,7-13,16-28,30-45H2,1-6H3/b15-14-/t47?,48-,50-,51?,52-,53-,54-,55+,56-/m0/s1. The van der Waals surface area contributed by atoms with Gasteiger partial charge in [-0.15, -0.1) is 0 Å². The Labute approximate surface area is 379 Å². The summed E-state index contributed by atoms with van der Waals surface area (Å²) in [5, 5.41) is 0. The van der Waals surface area contributed by atoms with Crippen LogP contribution in [0.3, 0.4) is 0 Å². The topological polar surface area (TPSA) is 40.2 Å². The van der Waals surface area contributed by atoms with Crippen molar-refractivity contribution in [3.63, 3.8) is 0 Å². The number of hydrogen-bond donors (Lipinski definition) is 0. The van der Waals surface area contributed by atoms with Crippen LogP contribution in [0.2, 0.25) is 0 Å². The lowest BCUT2D eigenvalue weighted by Gasteiger charge is -2.58. The first-order chi connectivity index (χ1) is 29.7. The Balaban J connectivity index is 0.900. The Kier molecular flexibility index (Phi) is 23.8. The molecule has 1 saturated heterocycles. The SMILES string of the molecule is CCCCCCCC/C=C\CCCCCCCCOCC(CN1CCCC1C)OCCOCCO[C@H]1CC[C@@]2(C)C(=CC[C@H]3[C@@H]4CC[C@H](CCCCC(C)C)[C@@]4(C)CC[C@@H]32)C1. The van der Waals surface area contributed by atoms with Crippen LogP contribution in [0.15, 0.2) is 23.8 Å². The molecule has 0 spiro atoms. The smallest absolute Gasteiger partial charge is 0.0936 e. The van der Waals surface area contributed by atoms with Crippen molar-refractivity contribution in [2.45, 2.75) is 240 Å². The molecule has 9 atom stereocenters. The Bertz CT molecular complexity index is 1220. The van der Waals surface area contributed by atoms with Crippen LogP contribution >= 0.6 is 0 Å². The molecule has 1 aliphatic heterocycles. The molecule has 4 aliphatic carbocycles. The number of nitrogens with zero attached hydrogens (tertiary/aromatic N) is 1. The van der Waals surface area contributed by atoms with E-state index >= 15 is 0 Å². The van der Waals surface area contributed by atoms with Gasteiger partial charge in [0.15, 0.2) is 0 Å². The number of allylic oxidation sites excluding steroid dienone is 3. The molecule has 3 saturated carbocycles. The third-order valence-electron chi connectivity index (χ3n) is 17.2. The Morgan fingerprint density at radius 1 is 0.738 bits per heavy atom. The van der Waals surface area contributed by atoms with Crippen molar-refractivity contribution in [1.82, 2.24) is 4.90 Å². The molecule has 5 heteroatoms. The molecule has 61 heavy (non-hydrogen) atoms. The first kappa shape index (κ1) is 51.3. The molecule has 5 nitrogen and oxygen atoms in total. The third kappa shape index (κ3) is 16.6. The Morgan fingerprint density at radius 2 is 1.48 bits per heavy atom. The molecule has 354 valence electrons. The van der Waals surface area contributed by atoms with Gasteiger partial charge in [0, 0.05) is 19.2 Å². The number of ether oxygens (including phenoxy) is 4. The first-order valence-electron chi connectivity index (χ1n) is 27.2. The summed E-state index contributed by atoms with van der Waals surface area (Å²) in [4.78, 5) is 2.59. The van der Waals surface area contributed by atoms with Crippen LogP contribution in [-0.2, 0) is 18.9 Å². The summed E-state index contributed by atoms with van der Waals surface area (Å²) >= 11 is 0. The fourth-order valence-electron chi connectivity index (χ4n) is 13.3. The predicted octanol–water partition coefficient (Wildman–Crippen LogP) is 15.1. The normalized spacial score (nSPS) is 30.8. The van der Waals surface area contributed by atoms with E-state index in [1.54, 1.807) is 5.57 Å². The van der Waals surface area contributed by atoms with E-state index in [4.69, 9.17) is 18.9 Å². The van der Waals surface area contributed by atoms with E-state index in [0.29, 0.717) is 56.0 Å². The maximum absolute atomic E-state index is 6.51. The molecule has 0 amide bonds. The molecule has 5 aliphatic rings. The Morgan fingerprint density at radius 3 is 2.21 bits per heavy atom. The van der Waals surface area contributed by atoms with Crippen molar-refractivity contribution >= 4 is 0 Å². The molecule has 0 N–H and O–H groups in total. The lowest BCUT2D eigenvalue weighted by molar-refractivity contribution is -0.0713. The second-order valence-electron chi connectivity index (χ2n) is 22.1. The largest absolute Gasteiger partial charge is 0.379 e. The average molecular weight is 852 g/mol. The molecule has 4 fully saturated rings. The molecule has 5 rings (SSSR count). The number of unbranched alkanes of at least 4 members (excludes halogenated alkanes) is 13. The van der Waals surface area contributed by atoms with Gasteiger partial charge in [0.05, 0.1) is 45.2 Å². The van der Waals surface area contributed by atoms with Crippen LogP contribution < -0.4 is 0 Å². The summed E-state index contributed by atoms with van der Waals surface area (Å²) in [6.45, 7) is 21.1. The average Bonchev–Trinajstić information content (AvgIpc) is 3.82.